The zero-order chi connectivity index (χ0) is 8.39. The van der Waals surface area contributed by atoms with E-state index in [1.807, 2.05) is 12.1 Å². The number of anilines is 1. The summed E-state index contributed by atoms with van der Waals surface area (Å²) >= 11 is 0. The van der Waals surface area contributed by atoms with E-state index in [-0.39, 0.29) is 0 Å². The molecule has 2 aromatic heterocycles. The standard InChI is InChI=1S/C8H8N2O2/c9-8-6(5-12-10-8)4-7-2-1-3-11-7/h1-3,5H,4H2,(H2,9,10). The highest BCUT2D eigenvalue weighted by Crippen LogP contribution is 2.14. The van der Waals surface area contributed by atoms with Gasteiger partial charge in [0.25, 0.3) is 0 Å². The van der Waals surface area contributed by atoms with Crippen LogP contribution in [0, 0.1) is 0 Å². The summed E-state index contributed by atoms with van der Waals surface area (Å²) in [5, 5.41) is 3.56. The van der Waals surface area contributed by atoms with Crippen molar-refractivity contribution in [2.45, 2.75) is 6.42 Å². The highest BCUT2D eigenvalue weighted by atomic mass is 16.5. The average molecular weight is 164 g/mol. The van der Waals surface area contributed by atoms with Crippen molar-refractivity contribution in [3.8, 4) is 0 Å². The molecule has 0 spiro atoms. The fourth-order valence-electron chi connectivity index (χ4n) is 0.999. The molecule has 0 aliphatic rings. The van der Waals surface area contributed by atoms with Gasteiger partial charge in [0.15, 0.2) is 5.82 Å². The van der Waals surface area contributed by atoms with E-state index in [9.17, 15) is 0 Å². The Kier molecular flexibility index (Phi) is 1.59. The maximum absolute atomic E-state index is 5.51. The van der Waals surface area contributed by atoms with Crippen molar-refractivity contribution in [3.05, 3.63) is 36.0 Å². The van der Waals surface area contributed by atoms with Crippen molar-refractivity contribution in [2.24, 2.45) is 0 Å². The monoisotopic (exact) mass is 164 g/mol. The molecule has 62 valence electrons. The predicted molar refractivity (Wildman–Crippen MR) is 42.4 cm³/mol. The second-order valence-corrected chi connectivity index (χ2v) is 2.48. The number of nitrogens with two attached hydrogens (primary N) is 1. The Morgan fingerprint density at radius 2 is 2.42 bits per heavy atom. The summed E-state index contributed by atoms with van der Waals surface area (Å²) in [4.78, 5) is 0. The Morgan fingerprint density at radius 1 is 1.50 bits per heavy atom. The lowest BCUT2D eigenvalue weighted by Crippen LogP contribution is -1.91. The van der Waals surface area contributed by atoms with Crippen LogP contribution in [0.4, 0.5) is 5.82 Å². The van der Waals surface area contributed by atoms with E-state index in [0.717, 1.165) is 11.3 Å². The largest absolute Gasteiger partial charge is 0.469 e. The Bertz CT molecular complexity index is 351. The van der Waals surface area contributed by atoms with Crippen molar-refractivity contribution >= 4 is 5.82 Å². The first kappa shape index (κ1) is 6.97. The number of nitrogen functional groups attached to an aromatic ring is 1. The molecule has 0 amide bonds. The topological polar surface area (TPSA) is 65.2 Å². The van der Waals surface area contributed by atoms with E-state index < -0.39 is 0 Å². The Labute approximate surface area is 69.0 Å². The lowest BCUT2D eigenvalue weighted by molar-refractivity contribution is 0.421. The van der Waals surface area contributed by atoms with E-state index in [1.165, 1.54) is 6.26 Å². The minimum atomic E-state index is 0.423. The van der Waals surface area contributed by atoms with Gasteiger partial charge in [-0.25, -0.2) is 0 Å². The quantitative estimate of drug-likeness (QED) is 0.729. The average Bonchev–Trinajstić information content (AvgIpc) is 2.65. The van der Waals surface area contributed by atoms with Gasteiger partial charge in [0.1, 0.15) is 12.0 Å². The third kappa shape index (κ3) is 1.18. The Balaban J connectivity index is 2.20. The zero-order valence-corrected chi connectivity index (χ0v) is 6.36. The molecule has 0 bridgehead atoms. The fraction of sp³-hybridized carbons (Fsp3) is 0.125. The molecule has 0 aliphatic heterocycles. The van der Waals surface area contributed by atoms with Gasteiger partial charge in [-0.2, -0.15) is 0 Å². The van der Waals surface area contributed by atoms with E-state index in [4.69, 9.17) is 10.2 Å². The normalized spacial score (nSPS) is 10.3. The molecule has 0 aromatic carbocycles. The van der Waals surface area contributed by atoms with Crippen molar-refractivity contribution in [3.63, 3.8) is 0 Å². The van der Waals surface area contributed by atoms with Gasteiger partial charge in [-0.15, -0.1) is 0 Å². The van der Waals surface area contributed by atoms with Crippen LogP contribution in [0.15, 0.2) is 33.6 Å². The third-order valence-corrected chi connectivity index (χ3v) is 1.62. The van der Waals surface area contributed by atoms with Crippen molar-refractivity contribution in [1.82, 2.24) is 5.16 Å². The number of nitrogens with zero attached hydrogens (tertiary/aromatic N) is 1. The van der Waals surface area contributed by atoms with Crippen LogP contribution in [-0.4, -0.2) is 5.16 Å². The van der Waals surface area contributed by atoms with Crippen LogP contribution in [0.25, 0.3) is 0 Å². The molecule has 0 radical (unpaired) electrons. The molecule has 12 heavy (non-hydrogen) atoms. The van der Waals surface area contributed by atoms with Crippen LogP contribution in [-0.2, 0) is 6.42 Å². The van der Waals surface area contributed by atoms with Gasteiger partial charge < -0.3 is 14.7 Å². The molecule has 4 nitrogen and oxygen atoms in total. The molecule has 0 unspecified atom stereocenters. The molecule has 0 fully saturated rings. The second kappa shape index (κ2) is 2.73. The first-order valence-electron chi connectivity index (χ1n) is 3.57. The molecule has 2 N–H and O–H groups in total. The van der Waals surface area contributed by atoms with Crippen molar-refractivity contribution < 1.29 is 8.94 Å². The maximum atomic E-state index is 5.51. The van der Waals surface area contributed by atoms with Gasteiger partial charge in [0.05, 0.1) is 6.26 Å². The first-order chi connectivity index (χ1) is 5.86. The minimum Gasteiger partial charge on any atom is -0.469 e. The first-order valence-corrected chi connectivity index (χ1v) is 3.57. The summed E-state index contributed by atoms with van der Waals surface area (Å²) in [5.74, 6) is 1.27. The lowest BCUT2D eigenvalue weighted by atomic mass is 10.2. The van der Waals surface area contributed by atoms with Crippen LogP contribution >= 0.6 is 0 Å². The molecule has 0 saturated carbocycles. The lowest BCUT2D eigenvalue weighted by Gasteiger charge is -1.91. The smallest absolute Gasteiger partial charge is 0.170 e. The number of hydrogen-bond acceptors (Lipinski definition) is 4. The molecule has 2 aromatic rings. The van der Waals surface area contributed by atoms with E-state index in [1.54, 1.807) is 6.26 Å². The number of rotatable bonds is 2. The molecule has 0 atom stereocenters. The summed E-state index contributed by atoms with van der Waals surface area (Å²) < 4.78 is 9.81. The van der Waals surface area contributed by atoms with Gasteiger partial charge in [-0.05, 0) is 12.1 Å². The van der Waals surface area contributed by atoms with E-state index >= 15 is 0 Å². The number of aromatic nitrogens is 1. The highest BCUT2D eigenvalue weighted by Gasteiger charge is 2.05. The summed E-state index contributed by atoms with van der Waals surface area (Å²) in [6, 6.07) is 3.71. The van der Waals surface area contributed by atoms with Gasteiger partial charge in [-0.1, -0.05) is 5.16 Å². The Morgan fingerprint density at radius 3 is 3.00 bits per heavy atom. The van der Waals surface area contributed by atoms with Gasteiger partial charge in [0, 0.05) is 12.0 Å². The van der Waals surface area contributed by atoms with Crippen molar-refractivity contribution in [2.75, 3.05) is 5.73 Å². The maximum Gasteiger partial charge on any atom is 0.170 e. The Hall–Kier alpha value is -1.71. The molecular weight excluding hydrogens is 156 g/mol. The summed E-state index contributed by atoms with van der Waals surface area (Å²) in [6.07, 6.45) is 3.78. The van der Waals surface area contributed by atoms with Crippen LogP contribution in [0.5, 0.6) is 0 Å². The number of furan rings is 1. The molecule has 0 aliphatic carbocycles. The number of hydrogen-bond donors (Lipinski definition) is 1. The van der Waals surface area contributed by atoms with Crippen LogP contribution in [0.2, 0.25) is 0 Å². The summed E-state index contributed by atoms with van der Waals surface area (Å²) in [6.45, 7) is 0. The predicted octanol–water partition coefficient (Wildman–Crippen LogP) is 1.44. The third-order valence-electron chi connectivity index (χ3n) is 1.62. The molecular formula is C8H8N2O2. The van der Waals surface area contributed by atoms with Crippen LogP contribution < -0.4 is 5.73 Å². The van der Waals surface area contributed by atoms with Crippen LogP contribution in [0.3, 0.4) is 0 Å². The minimum absolute atomic E-state index is 0.423. The van der Waals surface area contributed by atoms with E-state index in [0.29, 0.717) is 12.2 Å². The second-order valence-electron chi connectivity index (χ2n) is 2.48. The fourth-order valence-corrected chi connectivity index (χ4v) is 0.999. The summed E-state index contributed by atoms with van der Waals surface area (Å²) in [7, 11) is 0. The zero-order valence-electron chi connectivity index (χ0n) is 6.36. The van der Waals surface area contributed by atoms with Crippen molar-refractivity contribution in [1.29, 1.82) is 0 Å². The van der Waals surface area contributed by atoms with E-state index in [2.05, 4.69) is 9.68 Å². The van der Waals surface area contributed by atoms with Gasteiger partial charge in [-0.3, -0.25) is 0 Å². The highest BCUT2D eigenvalue weighted by molar-refractivity contribution is 5.37. The van der Waals surface area contributed by atoms with Gasteiger partial charge in [0.2, 0.25) is 0 Å². The molecule has 0 saturated heterocycles. The van der Waals surface area contributed by atoms with Gasteiger partial charge >= 0.3 is 0 Å². The molecule has 2 heterocycles. The summed E-state index contributed by atoms with van der Waals surface area (Å²) in [5.41, 5.74) is 6.36. The molecule has 4 heteroatoms. The van der Waals surface area contributed by atoms with Crippen LogP contribution in [0.1, 0.15) is 11.3 Å². The SMILES string of the molecule is Nc1nocc1Cc1ccco1. The molecule has 2 rings (SSSR count).